The van der Waals surface area contributed by atoms with E-state index in [0.717, 1.165) is 0 Å². The molecule has 1 amide bonds. The van der Waals surface area contributed by atoms with Crippen molar-refractivity contribution in [2.24, 2.45) is 5.92 Å². The third kappa shape index (κ3) is 3.86. The molecule has 0 aliphatic carbocycles. The van der Waals surface area contributed by atoms with Crippen LogP contribution in [0.25, 0.3) is 0 Å². The maximum Gasteiger partial charge on any atom is 0.490 e. The summed E-state index contributed by atoms with van der Waals surface area (Å²) < 4.78 is 39.8. The molecular formula is C8H11F3N2O4. The van der Waals surface area contributed by atoms with Gasteiger partial charge in [0.25, 0.3) is 5.91 Å². The summed E-state index contributed by atoms with van der Waals surface area (Å²) in [7, 11) is 0. The summed E-state index contributed by atoms with van der Waals surface area (Å²) in [5.74, 6) is -3.67. The topological polar surface area (TPSA) is 87.7 Å². The summed E-state index contributed by atoms with van der Waals surface area (Å²) in [6.07, 6.45) is -6.87. The number of hydroxylamine groups is 1. The minimum Gasteiger partial charge on any atom is -0.446 e. The number of alkyl halides is 3. The first kappa shape index (κ1) is 13.7. The lowest BCUT2D eigenvalue weighted by molar-refractivity contribution is -0.206. The Morgan fingerprint density at radius 2 is 2.06 bits per heavy atom. The molecule has 9 heteroatoms. The summed E-state index contributed by atoms with van der Waals surface area (Å²) >= 11 is 0. The van der Waals surface area contributed by atoms with Crippen LogP contribution in [0.5, 0.6) is 0 Å². The Morgan fingerprint density at radius 3 is 2.41 bits per heavy atom. The standard InChI is InChI=1S/C8H11F3N2O4/c9-8(10,11)7(15)17-5(6(14)13-16)1-4-2-12-3-4/h4-5,12,16H,1-3H2,(H,13,14). The fourth-order valence-electron chi connectivity index (χ4n) is 1.29. The van der Waals surface area contributed by atoms with E-state index in [4.69, 9.17) is 5.21 Å². The summed E-state index contributed by atoms with van der Waals surface area (Å²) in [5.41, 5.74) is 1.17. The Hall–Kier alpha value is -1.35. The molecule has 1 aliphatic rings. The van der Waals surface area contributed by atoms with E-state index in [0.29, 0.717) is 13.1 Å². The molecule has 17 heavy (non-hydrogen) atoms. The second-order valence-electron chi connectivity index (χ2n) is 3.63. The van der Waals surface area contributed by atoms with E-state index in [1.54, 1.807) is 0 Å². The first-order valence-corrected chi connectivity index (χ1v) is 4.77. The van der Waals surface area contributed by atoms with Gasteiger partial charge in [0.05, 0.1) is 0 Å². The molecular weight excluding hydrogens is 245 g/mol. The zero-order valence-electron chi connectivity index (χ0n) is 8.58. The van der Waals surface area contributed by atoms with Gasteiger partial charge in [-0.3, -0.25) is 10.0 Å². The normalized spacial score (nSPS) is 18.1. The molecule has 0 aromatic heterocycles. The molecule has 0 bridgehead atoms. The molecule has 1 heterocycles. The molecule has 1 saturated heterocycles. The van der Waals surface area contributed by atoms with Crippen molar-refractivity contribution in [2.75, 3.05) is 13.1 Å². The van der Waals surface area contributed by atoms with E-state index >= 15 is 0 Å². The van der Waals surface area contributed by atoms with Gasteiger partial charge in [-0.25, -0.2) is 10.3 Å². The monoisotopic (exact) mass is 256 g/mol. The van der Waals surface area contributed by atoms with Crippen molar-refractivity contribution in [3.05, 3.63) is 0 Å². The number of hydrogen-bond acceptors (Lipinski definition) is 5. The van der Waals surface area contributed by atoms with Crippen LogP contribution in [-0.2, 0) is 14.3 Å². The van der Waals surface area contributed by atoms with Gasteiger partial charge in [0, 0.05) is 0 Å². The molecule has 0 aromatic carbocycles. The van der Waals surface area contributed by atoms with Crippen LogP contribution in [0, 0.1) is 5.92 Å². The molecule has 0 aromatic rings. The van der Waals surface area contributed by atoms with Crippen molar-refractivity contribution in [1.29, 1.82) is 0 Å². The number of halogens is 3. The van der Waals surface area contributed by atoms with Gasteiger partial charge in [-0.1, -0.05) is 0 Å². The van der Waals surface area contributed by atoms with Crippen LogP contribution < -0.4 is 10.8 Å². The highest BCUT2D eigenvalue weighted by Crippen LogP contribution is 2.20. The number of amides is 1. The van der Waals surface area contributed by atoms with Crippen molar-refractivity contribution in [1.82, 2.24) is 10.8 Å². The van der Waals surface area contributed by atoms with Crippen molar-refractivity contribution in [3.63, 3.8) is 0 Å². The van der Waals surface area contributed by atoms with Crippen molar-refractivity contribution >= 4 is 11.9 Å². The van der Waals surface area contributed by atoms with Crippen LogP contribution in [0.3, 0.4) is 0 Å². The molecule has 1 rings (SSSR count). The number of nitrogens with one attached hydrogen (secondary N) is 2. The van der Waals surface area contributed by atoms with Crippen LogP contribution in [0.15, 0.2) is 0 Å². The number of rotatable bonds is 4. The van der Waals surface area contributed by atoms with Gasteiger partial charge in [0.15, 0.2) is 6.10 Å². The fourth-order valence-corrected chi connectivity index (χ4v) is 1.29. The highest BCUT2D eigenvalue weighted by atomic mass is 19.4. The molecule has 1 unspecified atom stereocenters. The molecule has 1 atom stereocenters. The molecule has 0 spiro atoms. The van der Waals surface area contributed by atoms with Gasteiger partial charge in [-0.2, -0.15) is 13.2 Å². The van der Waals surface area contributed by atoms with Gasteiger partial charge >= 0.3 is 12.1 Å². The highest BCUT2D eigenvalue weighted by Gasteiger charge is 2.43. The summed E-state index contributed by atoms with van der Waals surface area (Å²) in [4.78, 5) is 21.6. The maximum absolute atomic E-state index is 11.9. The van der Waals surface area contributed by atoms with Crippen molar-refractivity contribution in [3.8, 4) is 0 Å². The molecule has 0 radical (unpaired) electrons. The molecule has 3 N–H and O–H groups in total. The van der Waals surface area contributed by atoms with E-state index in [2.05, 4.69) is 10.1 Å². The largest absolute Gasteiger partial charge is 0.490 e. The number of ether oxygens (including phenoxy) is 1. The van der Waals surface area contributed by atoms with E-state index in [1.807, 2.05) is 0 Å². The summed E-state index contributed by atoms with van der Waals surface area (Å²) in [5, 5.41) is 11.2. The van der Waals surface area contributed by atoms with Gasteiger partial charge in [0.2, 0.25) is 0 Å². The third-order valence-corrected chi connectivity index (χ3v) is 2.30. The predicted octanol–water partition coefficient (Wildman–Crippen LogP) is -0.425. The van der Waals surface area contributed by atoms with E-state index in [-0.39, 0.29) is 12.3 Å². The zero-order valence-corrected chi connectivity index (χ0v) is 8.58. The summed E-state index contributed by atoms with van der Waals surface area (Å²) in [6.45, 7) is 1.05. The Labute approximate surface area is 94.1 Å². The van der Waals surface area contributed by atoms with E-state index in [9.17, 15) is 22.8 Å². The number of esters is 1. The Morgan fingerprint density at radius 1 is 1.47 bits per heavy atom. The second kappa shape index (κ2) is 5.32. The average molecular weight is 256 g/mol. The SMILES string of the molecule is O=C(NO)C(CC1CNC1)OC(=O)C(F)(F)F. The molecule has 1 aliphatic heterocycles. The molecule has 6 nitrogen and oxygen atoms in total. The lowest BCUT2D eigenvalue weighted by atomic mass is 9.95. The second-order valence-corrected chi connectivity index (χ2v) is 3.63. The number of carbonyl (C=O) groups excluding carboxylic acids is 2. The highest BCUT2D eigenvalue weighted by molar-refractivity contribution is 5.84. The van der Waals surface area contributed by atoms with Crippen LogP contribution in [0.4, 0.5) is 13.2 Å². The fraction of sp³-hybridized carbons (Fsp3) is 0.750. The predicted molar refractivity (Wildman–Crippen MR) is 46.8 cm³/mol. The zero-order chi connectivity index (χ0) is 13.1. The lowest BCUT2D eigenvalue weighted by Crippen LogP contribution is -2.48. The van der Waals surface area contributed by atoms with E-state index < -0.39 is 24.2 Å². The average Bonchev–Trinajstić information content (AvgIpc) is 2.18. The molecule has 1 fully saturated rings. The Kier molecular flexibility index (Phi) is 4.29. The third-order valence-electron chi connectivity index (χ3n) is 2.30. The molecule has 0 saturated carbocycles. The molecule has 98 valence electrons. The van der Waals surface area contributed by atoms with Crippen molar-refractivity contribution < 1.29 is 32.7 Å². The lowest BCUT2D eigenvalue weighted by Gasteiger charge is -2.29. The van der Waals surface area contributed by atoms with Gasteiger partial charge in [0.1, 0.15) is 0 Å². The first-order valence-electron chi connectivity index (χ1n) is 4.77. The Bertz CT molecular complexity index is 304. The minimum absolute atomic E-state index is 0.0571. The first-order chi connectivity index (χ1) is 7.84. The van der Waals surface area contributed by atoms with Crippen LogP contribution in [0.2, 0.25) is 0 Å². The minimum atomic E-state index is -5.16. The summed E-state index contributed by atoms with van der Waals surface area (Å²) in [6, 6.07) is 0. The van der Waals surface area contributed by atoms with Gasteiger partial charge in [-0.05, 0) is 25.4 Å². The number of carbonyl (C=O) groups is 2. The number of hydrogen-bond donors (Lipinski definition) is 3. The van der Waals surface area contributed by atoms with Gasteiger partial charge < -0.3 is 10.1 Å². The van der Waals surface area contributed by atoms with E-state index in [1.165, 1.54) is 5.48 Å². The Balaban J connectivity index is 2.56. The van der Waals surface area contributed by atoms with Crippen molar-refractivity contribution in [2.45, 2.75) is 18.7 Å². The maximum atomic E-state index is 11.9. The van der Waals surface area contributed by atoms with Crippen LogP contribution in [0.1, 0.15) is 6.42 Å². The quantitative estimate of drug-likeness (QED) is 0.361. The van der Waals surface area contributed by atoms with Gasteiger partial charge in [-0.15, -0.1) is 0 Å². The van der Waals surface area contributed by atoms with Crippen LogP contribution in [-0.4, -0.2) is 42.5 Å². The smallest absolute Gasteiger partial charge is 0.446 e. The van der Waals surface area contributed by atoms with Crippen LogP contribution >= 0.6 is 0 Å².